The summed E-state index contributed by atoms with van der Waals surface area (Å²) in [7, 11) is 1.33. The van der Waals surface area contributed by atoms with Crippen molar-refractivity contribution in [2.75, 3.05) is 20.3 Å². The van der Waals surface area contributed by atoms with Gasteiger partial charge in [-0.1, -0.05) is 47.6 Å². The average molecular weight is 365 g/mol. The number of hydrazone groups is 1. The van der Waals surface area contributed by atoms with E-state index in [2.05, 4.69) is 15.0 Å². The molecule has 1 heterocycles. The number of esters is 1. The van der Waals surface area contributed by atoms with Gasteiger partial charge in [-0.05, 0) is 23.3 Å². The summed E-state index contributed by atoms with van der Waals surface area (Å²) in [5.41, 5.74) is 3.09. The Bertz CT molecular complexity index is 861. The quantitative estimate of drug-likeness (QED) is 0.447. The number of benzene rings is 2. The molecule has 0 saturated carbocycles. The van der Waals surface area contributed by atoms with E-state index < -0.39 is 5.97 Å². The van der Waals surface area contributed by atoms with Gasteiger partial charge in [-0.2, -0.15) is 5.10 Å². The molecule has 0 radical (unpaired) electrons. The Kier molecular flexibility index (Phi) is 5.94. The molecule has 7 nitrogen and oxygen atoms in total. The van der Waals surface area contributed by atoms with Crippen LogP contribution in [0.5, 0.6) is 0 Å². The monoisotopic (exact) mass is 365 g/mol. The lowest BCUT2D eigenvalue weighted by molar-refractivity contribution is -0.135. The lowest BCUT2D eigenvalue weighted by Crippen LogP contribution is -2.26. The standard InChI is InChI=1S/C20H19N3O4/c1-26-20(25)17-9-7-15(8-10-17)13-21-27-14-19(24)23-12-11-18(22-23)16-5-3-2-4-6-16/h2-10,13H,11-12,14H2,1H3/b21-13+. The highest BCUT2D eigenvalue weighted by Crippen LogP contribution is 2.13. The molecule has 27 heavy (non-hydrogen) atoms. The fourth-order valence-electron chi connectivity index (χ4n) is 2.56. The SMILES string of the molecule is COC(=O)c1ccc(/C=N/OCC(=O)N2CCC(c3ccccc3)=N2)cc1. The Hall–Kier alpha value is -3.48. The Labute approximate surface area is 156 Å². The maximum Gasteiger partial charge on any atom is 0.337 e. The summed E-state index contributed by atoms with van der Waals surface area (Å²) < 4.78 is 4.64. The van der Waals surface area contributed by atoms with Gasteiger partial charge < -0.3 is 9.57 Å². The first-order valence-electron chi connectivity index (χ1n) is 8.44. The summed E-state index contributed by atoms with van der Waals surface area (Å²) in [6.07, 6.45) is 2.18. The number of oxime groups is 1. The molecule has 0 N–H and O–H groups in total. The molecule has 7 heteroatoms. The predicted octanol–water partition coefficient (Wildman–Crippen LogP) is 2.46. The van der Waals surface area contributed by atoms with Crippen molar-refractivity contribution in [1.82, 2.24) is 5.01 Å². The van der Waals surface area contributed by atoms with Crippen molar-refractivity contribution in [3.05, 3.63) is 71.3 Å². The fourth-order valence-corrected chi connectivity index (χ4v) is 2.56. The minimum atomic E-state index is -0.402. The van der Waals surface area contributed by atoms with Gasteiger partial charge in [0.05, 0.1) is 31.1 Å². The summed E-state index contributed by atoms with van der Waals surface area (Å²) in [5, 5.41) is 9.55. The first-order valence-corrected chi connectivity index (χ1v) is 8.44. The zero-order chi connectivity index (χ0) is 19.1. The maximum absolute atomic E-state index is 12.2. The molecular formula is C20H19N3O4. The van der Waals surface area contributed by atoms with Gasteiger partial charge in [0.15, 0.2) is 6.61 Å². The summed E-state index contributed by atoms with van der Waals surface area (Å²) in [5.74, 6) is -0.652. The zero-order valence-electron chi connectivity index (χ0n) is 14.9. The number of methoxy groups -OCH3 is 1. The topological polar surface area (TPSA) is 80.6 Å². The van der Waals surface area contributed by atoms with Gasteiger partial charge in [0.2, 0.25) is 0 Å². The van der Waals surface area contributed by atoms with Crippen LogP contribution < -0.4 is 0 Å². The largest absolute Gasteiger partial charge is 0.465 e. The number of hydrogen-bond donors (Lipinski definition) is 0. The van der Waals surface area contributed by atoms with Gasteiger partial charge in [0.1, 0.15) is 0 Å². The zero-order valence-corrected chi connectivity index (χ0v) is 14.9. The maximum atomic E-state index is 12.2. The molecular weight excluding hydrogens is 346 g/mol. The predicted molar refractivity (Wildman–Crippen MR) is 101 cm³/mol. The highest BCUT2D eigenvalue weighted by atomic mass is 16.6. The molecule has 3 rings (SSSR count). The summed E-state index contributed by atoms with van der Waals surface area (Å²) >= 11 is 0. The minimum absolute atomic E-state index is 0.192. The van der Waals surface area contributed by atoms with E-state index >= 15 is 0 Å². The lowest BCUT2D eigenvalue weighted by atomic mass is 10.1. The van der Waals surface area contributed by atoms with Crippen molar-refractivity contribution in [3.63, 3.8) is 0 Å². The molecule has 0 unspecified atom stereocenters. The van der Waals surface area contributed by atoms with Gasteiger partial charge in [-0.3, -0.25) is 4.79 Å². The minimum Gasteiger partial charge on any atom is -0.465 e. The first-order chi connectivity index (χ1) is 13.2. The van der Waals surface area contributed by atoms with Gasteiger partial charge >= 0.3 is 5.97 Å². The fraction of sp³-hybridized carbons (Fsp3) is 0.200. The molecule has 0 spiro atoms. The van der Waals surface area contributed by atoms with Gasteiger partial charge in [0, 0.05) is 6.42 Å². The molecule has 2 aromatic rings. The molecule has 0 aromatic heterocycles. The van der Waals surface area contributed by atoms with E-state index in [9.17, 15) is 9.59 Å². The smallest absolute Gasteiger partial charge is 0.337 e. The van der Waals surface area contributed by atoms with Crippen LogP contribution in [0.15, 0.2) is 64.9 Å². The number of carbonyl (C=O) groups is 2. The number of ether oxygens (including phenoxy) is 1. The Morgan fingerprint density at radius 3 is 2.59 bits per heavy atom. The van der Waals surface area contributed by atoms with Crippen LogP contribution in [0.1, 0.15) is 27.9 Å². The number of nitrogens with zero attached hydrogens (tertiary/aromatic N) is 3. The number of hydrogen-bond acceptors (Lipinski definition) is 6. The van der Waals surface area contributed by atoms with Crippen LogP contribution >= 0.6 is 0 Å². The highest BCUT2D eigenvalue weighted by molar-refractivity contribution is 6.02. The van der Waals surface area contributed by atoms with E-state index in [1.807, 2.05) is 30.3 Å². The van der Waals surface area contributed by atoms with E-state index in [1.165, 1.54) is 18.3 Å². The second-order valence-electron chi connectivity index (χ2n) is 5.80. The van der Waals surface area contributed by atoms with Crippen molar-refractivity contribution < 1.29 is 19.2 Å². The second-order valence-corrected chi connectivity index (χ2v) is 5.80. The number of carbonyl (C=O) groups excluding carboxylic acids is 2. The summed E-state index contributed by atoms with van der Waals surface area (Å²) in [6, 6.07) is 16.4. The third-order valence-electron chi connectivity index (χ3n) is 3.99. The van der Waals surface area contributed by atoms with Crippen LogP contribution in [-0.4, -0.2) is 49.1 Å². The van der Waals surface area contributed by atoms with E-state index in [-0.39, 0.29) is 12.5 Å². The Morgan fingerprint density at radius 1 is 1.15 bits per heavy atom. The molecule has 0 bridgehead atoms. The van der Waals surface area contributed by atoms with E-state index in [1.54, 1.807) is 24.3 Å². The van der Waals surface area contributed by atoms with Crippen LogP contribution in [0.25, 0.3) is 0 Å². The average Bonchev–Trinajstić information content (AvgIpc) is 3.22. The molecule has 2 aromatic carbocycles. The van der Waals surface area contributed by atoms with Crippen LogP contribution in [0.3, 0.4) is 0 Å². The third kappa shape index (κ3) is 4.78. The van der Waals surface area contributed by atoms with Crippen LogP contribution in [0.4, 0.5) is 0 Å². The van der Waals surface area contributed by atoms with Crippen molar-refractivity contribution in [2.24, 2.45) is 10.3 Å². The molecule has 0 atom stereocenters. The van der Waals surface area contributed by atoms with E-state index in [4.69, 9.17) is 4.84 Å². The lowest BCUT2D eigenvalue weighted by Gasteiger charge is -2.09. The molecule has 138 valence electrons. The second kappa shape index (κ2) is 8.75. The van der Waals surface area contributed by atoms with Crippen molar-refractivity contribution in [1.29, 1.82) is 0 Å². The van der Waals surface area contributed by atoms with Crippen LogP contribution in [0, 0.1) is 0 Å². The molecule has 1 aliphatic rings. The van der Waals surface area contributed by atoms with Crippen molar-refractivity contribution in [3.8, 4) is 0 Å². The third-order valence-corrected chi connectivity index (χ3v) is 3.99. The Balaban J connectivity index is 1.49. The molecule has 1 amide bonds. The highest BCUT2D eigenvalue weighted by Gasteiger charge is 2.21. The van der Waals surface area contributed by atoms with Gasteiger partial charge in [-0.25, -0.2) is 9.80 Å². The van der Waals surface area contributed by atoms with Crippen molar-refractivity contribution in [2.45, 2.75) is 6.42 Å². The summed E-state index contributed by atoms with van der Waals surface area (Å²) in [6.45, 7) is 0.341. The van der Waals surface area contributed by atoms with E-state index in [0.717, 1.165) is 16.8 Å². The summed E-state index contributed by atoms with van der Waals surface area (Å²) in [4.78, 5) is 28.6. The molecule has 1 aliphatic heterocycles. The normalized spacial score (nSPS) is 13.5. The first kappa shape index (κ1) is 18.3. The number of rotatable bonds is 6. The molecule has 0 fully saturated rings. The van der Waals surface area contributed by atoms with Gasteiger partial charge in [0.25, 0.3) is 5.91 Å². The molecule has 0 aliphatic carbocycles. The molecule has 0 saturated heterocycles. The van der Waals surface area contributed by atoms with Crippen molar-refractivity contribution >= 4 is 23.8 Å². The van der Waals surface area contributed by atoms with Crippen LogP contribution in [0.2, 0.25) is 0 Å². The Morgan fingerprint density at radius 2 is 1.89 bits per heavy atom. The van der Waals surface area contributed by atoms with Gasteiger partial charge in [-0.15, -0.1) is 0 Å². The van der Waals surface area contributed by atoms with E-state index in [0.29, 0.717) is 18.5 Å². The number of amides is 1. The van der Waals surface area contributed by atoms with Crippen LogP contribution in [-0.2, 0) is 14.4 Å².